The summed E-state index contributed by atoms with van der Waals surface area (Å²) in [6, 6.07) is 23.2. The zero-order chi connectivity index (χ0) is 32.2. The van der Waals surface area contributed by atoms with Crippen molar-refractivity contribution < 1.29 is 52.9 Å². The molecule has 9 nitrogen and oxygen atoms in total. The van der Waals surface area contributed by atoms with Crippen LogP contribution in [0.2, 0.25) is 0 Å². The van der Waals surface area contributed by atoms with Crippen molar-refractivity contribution in [1.82, 2.24) is 9.97 Å². The summed E-state index contributed by atoms with van der Waals surface area (Å²) in [5.74, 6) is -0.579. The van der Waals surface area contributed by atoms with Crippen LogP contribution in [-0.2, 0) is 36.5 Å². The Labute approximate surface area is 280 Å². The van der Waals surface area contributed by atoms with E-state index in [4.69, 9.17) is 20.1 Å². The van der Waals surface area contributed by atoms with Crippen molar-refractivity contribution in [3.05, 3.63) is 120 Å². The molecule has 4 rings (SSSR count). The van der Waals surface area contributed by atoms with Gasteiger partial charge < -0.3 is 24.8 Å². The van der Waals surface area contributed by atoms with E-state index in [-0.39, 0.29) is 36.5 Å². The number of aromatic hydroxyl groups is 1. The van der Waals surface area contributed by atoms with Gasteiger partial charge in [-0.15, -0.1) is 0 Å². The minimum atomic E-state index is -0.943. The van der Waals surface area contributed by atoms with Gasteiger partial charge in [0, 0.05) is 30.9 Å². The summed E-state index contributed by atoms with van der Waals surface area (Å²) in [6.45, 7) is 8.40. The number of aromatic carboxylic acids is 1. The number of esters is 1. The van der Waals surface area contributed by atoms with Crippen molar-refractivity contribution in [2.75, 3.05) is 12.0 Å². The van der Waals surface area contributed by atoms with Gasteiger partial charge in [0.1, 0.15) is 18.1 Å². The average molecular weight is 744 g/mol. The van der Waals surface area contributed by atoms with Gasteiger partial charge in [0.05, 0.1) is 36.2 Å². The number of aromatic nitrogens is 2. The minimum Gasteiger partial charge on any atom is -0.508 e. The third-order valence-corrected chi connectivity index (χ3v) is 4.39. The summed E-state index contributed by atoms with van der Waals surface area (Å²) in [5.41, 5.74) is 2.22. The van der Waals surface area contributed by atoms with E-state index < -0.39 is 11.9 Å². The number of halogens is 1. The van der Waals surface area contributed by atoms with E-state index in [0.717, 1.165) is 5.69 Å². The van der Waals surface area contributed by atoms with Gasteiger partial charge in [0.25, 0.3) is 0 Å². The molecule has 0 spiro atoms. The van der Waals surface area contributed by atoms with E-state index in [1.807, 2.05) is 63.0 Å². The molecule has 0 aliphatic carbocycles. The number of carbonyl (C=O) groups is 2. The van der Waals surface area contributed by atoms with Crippen LogP contribution in [0, 0.1) is 0 Å². The Hall–Kier alpha value is -3.45. The number of alkyl halides is 1. The Balaban J connectivity index is -0.000000535. The predicted molar refractivity (Wildman–Crippen MR) is 174 cm³/mol. The molecule has 0 fully saturated rings. The Kier molecular flexibility index (Phi) is 30.7. The van der Waals surface area contributed by atoms with Crippen LogP contribution in [0.5, 0.6) is 11.5 Å². The molecule has 233 valence electrons. The molecule has 2 heterocycles. The summed E-state index contributed by atoms with van der Waals surface area (Å²) in [5, 5.41) is 26.1. The SMILES string of the molecule is CC.CC.CI.COC(=O)c1ccc(O)cc1.O=C(O)c1ccc(OCc2ccccn2)cc1.OCc1ccccn1.[V]. The number of hydrogen-bond acceptors (Lipinski definition) is 8. The standard InChI is InChI=1S/C13H11NO3.C8H8O3.C6H7NO.2C2H6.CH3I.V/c15-13(16)10-4-6-12(7-5-10)17-9-11-3-1-2-8-14-11;1-11-8(10)6-2-4-7(9)5-3-6;8-5-6-3-1-2-4-7-6;3*1-2;/h1-8H,9H2,(H,15,16);2-5,9H,1H3;1-4,8H,5H2;2*1-2H3;1H3;. The van der Waals surface area contributed by atoms with E-state index in [0.29, 0.717) is 23.6 Å². The van der Waals surface area contributed by atoms with Crippen molar-refractivity contribution in [1.29, 1.82) is 0 Å². The second-order valence-corrected chi connectivity index (χ2v) is 6.96. The van der Waals surface area contributed by atoms with E-state index in [1.54, 1.807) is 30.6 Å². The van der Waals surface area contributed by atoms with Crippen LogP contribution in [-0.4, -0.2) is 49.3 Å². The van der Waals surface area contributed by atoms with Crippen LogP contribution in [0.25, 0.3) is 0 Å². The fraction of sp³-hybridized carbons (Fsp3) is 0.250. The number of carboxylic acid groups (broad SMARTS) is 1. The minimum absolute atomic E-state index is 0. The number of aliphatic hydroxyl groups excluding tert-OH is 1. The van der Waals surface area contributed by atoms with Crippen molar-refractivity contribution in [2.24, 2.45) is 0 Å². The molecule has 0 saturated carbocycles. The first-order valence-corrected chi connectivity index (χ1v) is 15.2. The number of hydrogen-bond donors (Lipinski definition) is 3. The number of methoxy groups -OCH3 is 1. The van der Waals surface area contributed by atoms with E-state index >= 15 is 0 Å². The molecule has 0 unspecified atom stereocenters. The van der Waals surface area contributed by atoms with Gasteiger partial charge in [-0.1, -0.05) is 62.4 Å². The molecular formula is C32H41IN2O7V. The number of aliphatic hydroxyl groups is 1. The number of carboxylic acids is 1. The molecule has 2 aromatic carbocycles. The normalized spacial score (nSPS) is 8.37. The summed E-state index contributed by atoms with van der Waals surface area (Å²) in [6.07, 6.45) is 3.36. The average Bonchev–Trinajstić information content (AvgIpc) is 3.08. The van der Waals surface area contributed by atoms with Crippen molar-refractivity contribution in [2.45, 2.75) is 40.9 Å². The number of benzene rings is 2. The van der Waals surface area contributed by atoms with Gasteiger partial charge in [0.2, 0.25) is 0 Å². The molecule has 3 N–H and O–H groups in total. The van der Waals surface area contributed by atoms with E-state index in [1.165, 1.54) is 43.5 Å². The van der Waals surface area contributed by atoms with Gasteiger partial charge in [-0.05, 0) is 77.7 Å². The molecule has 4 aromatic rings. The van der Waals surface area contributed by atoms with Crippen LogP contribution in [0.4, 0.5) is 0 Å². The van der Waals surface area contributed by atoms with Crippen LogP contribution in [0.15, 0.2) is 97.3 Å². The van der Waals surface area contributed by atoms with Crippen molar-refractivity contribution in [3.63, 3.8) is 0 Å². The first kappa shape index (κ1) is 44.0. The third kappa shape index (κ3) is 21.0. The van der Waals surface area contributed by atoms with Crippen molar-refractivity contribution >= 4 is 34.5 Å². The molecule has 1 radical (unpaired) electrons. The summed E-state index contributed by atoms with van der Waals surface area (Å²) < 4.78 is 9.93. The Morgan fingerprint density at radius 2 is 1.21 bits per heavy atom. The Morgan fingerprint density at radius 3 is 1.58 bits per heavy atom. The van der Waals surface area contributed by atoms with Gasteiger partial charge >= 0.3 is 11.9 Å². The first-order chi connectivity index (χ1) is 20.4. The summed E-state index contributed by atoms with van der Waals surface area (Å²) in [4.78, 5) is 31.4. The van der Waals surface area contributed by atoms with Gasteiger partial charge in [0.15, 0.2) is 0 Å². The predicted octanol–water partition coefficient (Wildman–Crippen LogP) is 7.21. The number of ether oxygens (including phenoxy) is 2. The van der Waals surface area contributed by atoms with Crippen molar-refractivity contribution in [3.8, 4) is 11.5 Å². The number of pyridine rings is 2. The van der Waals surface area contributed by atoms with E-state index in [2.05, 4.69) is 37.3 Å². The topological polar surface area (TPSA) is 139 Å². The molecule has 0 saturated heterocycles. The fourth-order valence-electron chi connectivity index (χ4n) is 2.54. The zero-order valence-corrected chi connectivity index (χ0v) is 28.9. The largest absolute Gasteiger partial charge is 0.508 e. The van der Waals surface area contributed by atoms with Gasteiger partial charge in [-0.3, -0.25) is 9.97 Å². The monoisotopic (exact) mass is 743 g/mol. The van der Waals surface area contributed by atoms with Crippen LogP contribution in [0.1, 0.15) is 59.8 Å². The fourth-order valence-corrected chi connectivity index (χ4v) is 2.54. The summed E-state index contributed by atoms with van der Waals surface area (Å²) in [7, 11) is 1.31. The van der Waals surface area contributed by atoms with E-state index in [9.17, 15) is 9.59 Å². The molecule has 0 atom stereocenters. The van der Waals surface area contributed by atoms with Crippen LogP contribution in [0.3, 0.4) is 0 Å². The number of rotatable bonds is 6. The molecule has 2 aromatic heterocycles. The zero-order valence-electron chi connectivity index (χ0n) is 25.3. The second-order valence-electron chi connectivity index (χ2n) is 6.96. The Bertz CT molecular complexity index is 1200. The summed E-state index contributed by atoms with van der Waals surface area (Å²) >= 11 is 2.15. The van der Waals surface area contributed by atoms with Crippen LogP contribution >= 0.6 is 22.6 Å². The quantitative estimate of drug-likeness (QED) is 0.106. The third-order valence-electron chi connectivity index (χ3n) is 4.39. The number of phenols is 1. The molecule has 0 bridgehead atoms. The van der Waals surface area contributed by atoms with Crippen LogP contribution < -0.4 is 4.74 Å². The molecule has 0 amide bonds. The van der Waals surface area contributed by atoms with Gasteiger partial charge in [-0.25, -0.2) is 9.59 Å². The number of carbonyl (C=O) groups excluding carboxylic acids is 1. The first-order valence-electron chi connectivity index (χ1n) is 13.0. The molecular weight excluding hydrogens is 702 g/mol. The molecule has 0 aliphatic heterocycles. The Morgan fingerprint density at radius 1 is 0.744 bits per heavy atom. The second kappa shape index (κ2) is 30.0. The molecule has 0 aliphatic rings. The maximum absolute atomic E-state index is 10.8. The smallest absolute Gasteiger partial charge is 0.337 e. The maximum atomic E-state index is 10.8. The number of nitrogens with zero attached hydrogens (tertiary/aromatic N) is 2. The number of phenolic OH excluding ortho intramolecular Hbond substituents is 1. The van der Waals surface area contributed by atoms with Gasteiger partial charge in [-0.2, -0.15) is 0 Å². The molecule has 43 heavy (non-hydrogen) atoms. The maximum Gasteiger partial charge on any atom is 0.337 e. The molecule has 11 heteroatoms.